The minimum atomic E-state index is -0.100. The van der Waals surface area contributed by atoms with Gasteiger partial charge in [-0.3, -0.25) is 14.3 Å². The first-order valence-electron chi connectivity index (χ1n) is 13.2. The molecule has 10 heteroatoms. The maximum atomic E-state index is 11.4. The summed E-state index contributed by atoms with van der Waals surface area (Å²) in [5, 5.41) is 6.24. The van der Waals surface area contributed by atoms with Crippen molar-refractivity contribution in [2.45, 2.75) is 25.8 Å². The highest BCUT2D eigenvalue weighted by atomic mass is 16.5. The number of hydrogen-bond acceptors (Lipinski definition) is 8. The fourth-order valence-corrected chi connectivity index (χ4v) is 5.25. The average Bonchev–Trinajstić information content (AvgIpc) is 3.39. The maximum Gasteiger partial charge on any atom is 0.229 e. The number of hydrogen-bond donors (Lipinski definition) is 2. The Kier molecular flexibility index (Phi) is 6.89. The Morgan fingerprint density at radius 1 is 0.921 bits per heavy atom. The van der Waals surface area contributed by atoms with Crippen molar-refractivity contribution >= 4 is 40.2 Å². The maximum absolute atomic E-state index is 11.4. The molecule has 1 amide bonds. The van der Waals surface area contributed by atoms with Crippen molar-refractivity contribution < 1.29 is 9.53 Å². The molecule has 196 valence electrons. The number of piperidine rings is 1. The molecule has 0 aliphatic carbocycles. The van der Waals surface area contributed by atoms with Gasteiger partial charge in [-0.05, 0) is 49.2 Å². The van der Waals surface area contributed by atoms with E-state index in [-0.39, 0.29) is 5.91 Å². The van der Waals surface area contributed by atoms with E-state index in [0.717, 1.165) is 74.9 Å². The number of carbonyl (C=O) groups excluding carboxylic acids is 1. The first-order chi connectivity index (χ1) is 18.6. The fraction of sp³-hybridized carbons (Fsp3) is 0.357. The Bertz CT molecular complexity index is 1390. The lowest BCUT2D eigenvalue weighted by molar-refractivity contribution is -0.114. The van der Waals surface area contributed by atoms with Crippen LogP contribution in [-0.4, -0.2) is 75.8 Å². The fourth-order valence-electron chi connectivity index (χ4n) is 5.25. The lowest BCUT2D eigenvalue weighted by Gasteiger charge is -2.40. The monoisotopic (exact) mass is 512 g/mol. The molecule has 2 aliphatic heterocycles. The number of nitrogens with zero attached hydrogens (tertiary/aromatic N) is 6. The van der Waals surface area contributed by atoms with Gasteiger partial charge in [-0.1, -0.05) is 18.2 Å². The molecule has 2 aromatic carbocycles. The second kappa shape index (κ2) is 10.8. The van der Waals surface area contributed by atoms with Crippen LogP contribution >= 0.6 is 0 Å². The first-order valence-corrected chi connectivity index (χ1v) is 13.2. The minimum Gasteiger partial charge on any atom is -0.379 e. The highest BCUT2D eigenvalue weighted by Gasteiger charge is 2.28. The van der Waals surface area contributed by atoms with Crippen molar-refractivity contribution in [3.8, 4) is 5.69 Å². The highest BCUT2D eigenvalue weighted by Crippen LogP contribution is 2.29. The van der Waals surface area contributed by atoms with E-state index < -0.39 is 0 Å². The lowest BCUT2D eigenvalue weighted by Crippen LogP contribution is -2.49. The molecule has 0 bridgehead atoms. The molecule has 38 heavy (non-hydrogen) atoms. The minimum absolute atomic E-state index is 0.100. The van der Waals surface area contributed by atoms with Crippen molar-refractivity contribution in [2.24, 2.45) is 0 Å². The van der Waals surface area contributed by atoms with Crippen LogP contribution in [0, 0.1) is 0 Å². The zero-order valence-electron chi connectivity index (χ0n) is 21.5. The molecule has 2 aliphatic rings. The van der Waals surface area contributed by atoms with Gasteiger partial charge in [0.25, 0.3) is 0 Å². The summed E-state index contributed by atoms with van der Waals surface area (Å²) >= 11 is 0. The summed E-state index contributed by atoms with van der Waals surface area (Å²) in [4.78, 5) is 30.9. The number of benzene rings is 2. The van der Waals surface area contributed by atoms with Crippen molar-refractivity contribution in [3.05, 3.63) is 60.9 Å². The summed E-state index contributed by atoms with van der Waals surface area (Å²) in [6.07, 6.45) is 3.95. The number of carbonyl (C=O) groups is 1. The molecule has 0 spiro atoms. The van der Waals surface area contributed by atoms with Gasteiger partial charge < -0.3 is 20.3 Å². The van der Waals surface area contributed by atoms with Gasteiger partial charge in [0.1, 0.15) is 6.33 Å². The van der Waals surface area contributed by atoms with E-state index >= 15 is 0 Å². The number of imidazole rings is 1. The van der Waals surface area contributed by atoms with Crippen LogP contribution in [-0.2, 0) is 9.53 Å². The summed E-state index contributed by atoms with van der Waals surface area (Å²) < 4.78 is 7.55. The SMILES string of the molecule is CC(=O)Nc1ccc(Nc2nc(N3CCC(N4CCOCC4)CC3)nc3c2ncn3-c2ccccc2)cc1. The number of fused-ring (bicyclic) bond motifs is 1. The topological polar surface area (TPSA) is 100 Å². The number of rotatable bonds is 6. The van der Waals surface area contributed by atoms with Gasteiger partial charge >= 0.3 is 0 Å². The Balaban J connectivity index is 1.31. The number of para-hydroxylation sites is 1. The predicted octanol–water partition coefficient (Wildman–Crippen LogP) is 3.82. The summed E-state index contributed by atoms with van der Waals surface area (Å²) in [6.45, 7) is 6.97. The van der Waals surface area contributed by atoms with Gasteiger partial charge in [0.15, 0.2) is 17.0 Å². The average molecular weight is 513 g/mol. The Labute approximate surface area is 221 Å². The second-order valence-electron chi connectivity index (χ2n) is 9.74. The van der Waals surface area contributed by atoms with Crippen molar-refractivity contribution in [3.63, 3.8) is 0 Å². The summed E-state index contributed by atoms with van der Waals surface area (Å²) in [5.74, 6) is 1.26. The summed E-state index contributed by atoms with van der Waals surface area (Å²) in [7, 11) is 0. The number of anilines is 4. The van der Waals surface area contributed by atoms with Gasteiger partial charge in [0.2, 0.25) is 11.9 Å². The van der Waals surface area contributed by atoms with Gasteiger partial charge in [-0.15, -0.1) is 0 Å². The molecule has 2 saturated heterocycles. The van der Waals surface area contributed by atoms with E-state index in [1.54, 1.807) is 6.33 Å². The van der Waals surface area contributed by atoms with Crippen LogP contribution < -0.4 is 15.5 Å². The molecular formula is C28H32N8O2. The van der Waals surface area contributed by atoms with Crippen molar-refractivity contribution in [1.82, 2.24) is 24.4 Å². The van der Waals surface area contributed by atoms with Crippen molar-refractivity contribution in [2.75, 3.05) is 54.9 Å². The molecule has 2 aromatic heterocycles. The van der Waals surface area contributed by atoms with Gasteiger partial charge in [-0.25, -0.2) is 4.98 Å². The quantitative estimate of drug-likeness (QED) is 0.402. The molecule has 4 heterocycles. The normalized spacial score (nSPS) is 17.0. The molecule has 2 fully saturated rings. The first kappa shape index (κ1) is 24.3. The second-order valence-corrected chi connectivity index (χ2v) is 9.74. The van der Waals surface area contributed by atoms with Gasteiger partial charge in [0, 0.05) is 56.2 Å². The molecule has 0 atom stereocenters. The van der Waals surface area contributed by atoms with Crippen molar-refractivity contribution in [1.29, 1.82) is 0 Å². The number of ether oxygens (including phenoxy) is 1. The van der Waals surface area contributed by atoms with Crippen LogP contribution in [0.15, 0.2) is 60.9 Å². The molecule has 10 nitrogen and oxygen atoms in total. The zero-order valence-corrected chi connectivity index (χ0v) is 21.5. The smallest absolute Gasteiger partial charge is 0.229 e. The predicted molar refractivity (Wildman–Crippen MR) is 148 cm³/mol. The Morgan fingerprint density at radius 3 is 2.34 bits per heavy atom. The largest absolute Gasteiger partial charge is 0.379 e. The molecule has 0 radical (unpaired) electrons. The number of morpholine rings is 1. The van der Waals surface area contributed by atoms with Crippen LogP contribution in [0.1, 0.15) is 19.8 Å². The number of nitrogens with one attached hydrogen (secondary N) is 2. The molecule has 4 aromatic rings. The van der Waals surface area contributed by atoms with E-state index in [0.29, 0.717) is 23.3 Å². The van der Waals surface area contributed by atoms with E-state index in [4.69, 9.17) is 14.7 Å². The number of amides is 1. The Hall–Kier alpha value is -4.02. The van der Waals surface area contributed by atoms with E-state index in [1.165, 1.54) is 6.92 Å². The summed E-state index contributed by atoms with van der Waals surface area (Å²) in [6, 6.07) is 18.2. The van der Waals surface area contributed by atoms with Crippen LogP contribution in [0.5, 0.6) is 0 Å². The molecular weight excluding hydrogens is 480 g/mol. The standard InChI is InChI=1S/C28H32N8O2/c1-20(37)30-21-7-9-22(10-8-21)31-26-25-27(36(19-29-25)24-5-3-2-4-6-24)33-28(32-26)35-13-11-23(12-14-35)34-15-17-38-18-16-34/h2-10,19,23H,11-18H2,1H3,(H,30,37)(H,31,32,33). The van der Waals surface area contributed by atoms with Crippen LogP contribution in [0.25, 0.3) is 16.9 Å². The third kappa shape index (κ3) is 5.18. The lowest BCUT2D eigenvalue weighted by atomic mass is 10.0. The molecule has 2 N–H and O–H groups in total. The van der Waals surface area contributed by atoms with Crippen LogP contribution in [0.4, 0.5) is 23.1 Å². The third-order valence-electron chi connectivity index (χ3n) is 7.20. The van der Waals surface area contributed by atoms with E-state index in [9.17, 15) is 4.79 Å². The molecule has 0 saturated carbocycles. The van der Waals surface area contributed by atoms with E-state index in [2.05, 4.69) is 25.4 Å². The summed E-state index contributed by atoms with van der Waals surface area (Å²) in [5.41, 5.74) is 4.05. The third-order valence-corrected chi connectivity index (χ3v) is 7.20. The van der Waals surface area contributed by atoms with E-state index in [1.807, 2.05) is 59.2 Å². The highest BCUT2D eigenvalue weighted by molar-refractivity contribution is 5.90. The van der Waals surface area contributed by atoms with Gasteiger partial charge in [0.05, 0.1) is 13.2 Å². The van der Waals surface area contributed by atoms with Crippen LogP contribution in [0.3, 0.4) is 0 Å². The molecule has 6 rings (SSSR count). The zero-order chi connectivity index (χ0) is 25.9. The molecule has 0 unspecified atom stereocenters. The van der Waals surface area contributed by atoms with Gasteiger partial charge in [-0.2, -0.15) is 9.97 Å². The Morgan fingerprint density at radius 2 is 1.63 bits per heavy atom. The number of aromatic nitrogens is 4. The van der Waals surface area contributed by atoms with Crippen LogP contribution in [0.2, 0.25) is 0 Å².